The van der Waals surface area contributed by atoms with Gasteiger partial charge in [-0.3, -0.25) is 14.4 Å². The molecular formula is C29H37N5O6S. The maximum absolute atomic E-state index is 13.9. The van der Waals surface area contributed by atoms with Gasteiger partial charge >= 0.3 is 15.0 Å². The number of rotatable bonds is 8. The normalized spacial score (nSPS) is 22.3. The summed E-state index contributed by atoms with van der Waals surface area (Å²) in [5.41, 5.74) is 1.12. The predicted octanol–water partition coefficient (Wildman–Crippen LogP) is 1.26. The van der Waals surface area contributed by atoms with Crippen molar-refractivity contribution >= 4 is 33.3 Å². The Morgan fingerprint density at radius 2 is 1.68 bits per heavy atom. The van der Waals surface area contributed by atoms with Crippen LogP contribution in [-0.4, -0.2) is 91.5 Å². The number of fused-ring (bicyclic) bond motifs is 1. The zero-order valence-corrected chi connectivity index (χ0v) is 24.3. The molecular weight excluding hydrogens is 546 g/mol. The van der Waals surface area contributed by atoms with Crippen LogP contribution in [0, 0.1) is 17.0 Å². The molecule has 11 nitrogen and oxygen atoms in total. The van der Waals surface area contributed by atoms with Crippen LogP contribution in [0.3, 0.4) is 0 Å². The number of anilines is 1. The van der Waals surface area contributed by atoms with Gasteiger partial charge in [0.15, 0.2) is 12.0 Å². The van der Waals surface area contributed by atoms with E-state index in [0.29, 0.717) is 32.6 Å². The molecule has 3 unspecified atom stereocenters. The van der Waals surface area contributed by atoms with Gasteiger partial charge in [-0.15, -0.1) is 0 Å². The second-order valence-corrected chi connectivity index (χ2v) is 13.3. The maximum Gasteiger partial charge on any atom is 0.323 e. The molecule has 3 aliphatic heterocycles. The number of sulfonamides is 1. The number of ketones is 1. The van der Waals surface area contributed by atoms with Gasteiger partial charge in [-0.1, -0.05) is 32.0 Å². The lowest BCUT2D eigenvalue weighted by Crippen LogP contribution is -2.50. The Kier molecular flexibility index (Phi) is 8.32. The highest BCUT2D eigenvalue weighted by molar-refractivity contribution is 7.89. The fraction of sp³-hybridized carbons (Fsp3) is 0.517. The minimum Gasteiger partial charge on any atom is -0.618 e. The van der Waals surface area contributed by atoms with Gasteiger partial charge in [0.05, 0.1) is 12.6 Å². The van der Waals surface area contributed by atoms with Crippen LogP contribution in [0.15, 0.2) is 59.8 Å². The number of nitrogens with zero attached hydrogens (tertiary/aromatic N) is 5. The molecule has 1 aromatic carbocycles. The average molecular weight is 584 g/mol. The molecule has 220 valence electrons. The van der Waals surface area contributed by atoms with E-state index in [2.05, 4.69) is 4.90 Å². The summed E-state index contributed by atoms with van der Waals surface area (Å²) in [5, 5.41) is 11.8. The first-order valence-corrected chi connectivity index (χ1v) is 15.6. The largest absolute Gasteiger partial charge is 0.618 e. The lowest BCUT2D eigenvalue weighted by molar-refractivity contribution is -0.646. The molecule has 0 radical (unpaired) electrons. The highest BCUT2D eigenvalue weighted by Gasteiger charge is 2.55. The Bertz CT molecular complexity index is 1390. The standard InChI is InChI=1S/C29H37N5O6S/c1-21(2)18-22(19-26(36)31-16-14-30(15-17-31)23-8-4-3-5-9-23)29(37)32-13-11-24-28(32)25(35)20-34(24)41(39,40)27-10-6-7-12-33(27)38/h3-10,12,21-22,24,28H,11,13-20H2,1-2H3. The van der Waals surface area contributed by atoms with Crippen molar-refractivity contribution in [2.45, 2.75) is 50.2 Å². The molecule has 0 aliphatic carbocycles. The molecule has 4 heterocycles. The second-order valence-electron chi connectivity index (χ2n) is 11.4. The van der Waals surface area contributed by atoms with Crippen LogP contribution in [0.4, 0.5) is 5.69 Å². The van der Waals surface area contributed by atoms with Gasteiger partial charge in [0.1, 0.15) is 6.04 Å². The highest BCUT2D eigenvalue weighted by atomic mass is 32.2. The van der Waals surface area contributed by atoms with Crippen molar-refractivity contribution in [2.24, 2.45) is 11.8 Å². The molecule has 1 aromatic heterocycles. The summed E-state index contributed by atoms with van der Waals surface area (Å²) in [6.07, 6.45) is 1.92. The summed E-state index contributed by atoms with van der Waals surface area (Å²) >= 11 is 0. The average Bonchev–Trinajstić information content (AvgIpc) is 3.54. The highest BCUT2D eigenvalue weighted by Crippen LogP contribution is 2.35. The molecule has 3 fully saturated rings. The zero-order valence-electron chi connectivity index (χ0n) is 23.5. The van der Waals surface area contributed by atoms with Crippen molar-refractivity contribution in [3.05, 3.63) is 59.9 Å². The number of carbonyl (C=O) groups excluding carboxylic acids is 3. The number of pyridine rings is 1. The number of para-hydroxylation sites is 1. The van der Waals surface area contributed by atoms with Gasteiger partial charge in [0, 0.05) is 62.9 Å². The van der Waals surface area contributed by atoms with Crippen molar-refractivity contribution in [1.82, 2.24) is 14.1 Å². The molecule has 3 saturated heterocycles. The summed E-state index contributed by atoms with van der Waals surface area (Å²) in [5.74, 6) is -1.20. The van der Waals surface area contributed by atoms with Crippen LogP contribution >= 0.6 is 0 Å². The van der Waals surface area contributed by atoms with Crippen LogP contribution in [0.5, 0.6) is 0 Å². The zero-order chi connectivity index (χ0) is 29.3. The summed E-state index contributed by atoms with van der Waals surface area (Å²) in [4.78, 5) is 45.9. The van der Waals surface area contributed by atoms with E-state index in [0.717, 1.165) is 16.2 Å². The van der Waals surface area contributed by atoms with Gasteiger partial charge in [0.2, 0.25) is 11.8 Å². The Labute approximate surface area is 241 Å². The summed E-state index contributed by atoms with van der Waals surface area (Å²) in [7, 11) is -4.24. The molecule has 3 aliphatic rings. The second kappa shape index (κ2) is 11.8. The number of Topliss-reactive ketones (excluding diaryl/α,β-unsaturated/α-hetero) is 1. The van der Waals surface area contributed by atoms with E-state index in [1.54, 1.807) is 4.90 Å². The summed E-state index contributed by atoms with van der Waals surface area (Å²) in [6, 6.07) is 12.5. The molecule has 2 amide bonds. The molecule has 3 atom stereocenters. The van der Waals surface area contributed by atoms with Crippen molar-refractivity contribution < 1.29 is 27.5 Å². The first-order valence-electron chi connectivity index (χ1n) is 14.2. The smallest absolute Gasteiger partial charge is 0.323 e. The van der Waals surface area contributed by atoms with E-state index >= 15 is 0 Å². The topological polar surface area (TPSA) is 125 Å². The van der Waals surface area contributed by atoms with E-state index < -0.39 is 39.6 Å². The lowest BCUT2D eigenvalue weighted by Gasteiger charge is -2.37. The van der Waals surface area contributed by atoms with E-state index in [4.69, 9.17) is 0 Å². The fourth-order valence-electron chi connectivity index (χ4n) is 6.34. The van der Waals surface area contributed by atoms with Crippen molar-refractivity contribution in [1.29, 1.82) is 0 Å². The van der Waals surface area contributed by atoms with Gasteiger partial charge in [0.25, 0.3) is 0 Å². The number of hydrogen-bond acceptors (Lipinski definition) is 7. The number of piperazine rings is 1. The van der Waals surface area contributed by atoms with E-state index in [1.165, 1.54) is 23.1 Å². The molecule has 0 spiro atoms. The van der Waals surface area contributed by atoms with Crippen LogP contribution in [0.2, 0.25) is 0 Å². The Morgan fingerprint density at radius 3 is 2.34 bits per heavy atom. The van der Waals surface area contributed by atoms with Gasteiger partial charge in [-0.25, -0.2) is 8.42 Å². The number of likely N-dealkylation sites (tertiary alicyclic amines) is 1. The maximum atomic E-state index is 13.9. The third-order valence-electron chi connectivity index (χ3n) is 8.30. The van der Waals surface area contributed by atoms with Crippen molar-refractivity contribution in [2.75, 3.05) is 44.2 Å². The van der Waals surface area contributed by atoms with Crippen LogP contribution in [0.1, 0.15) is 33.1 Å². The van der Waals surface area contributed by atoms with Gasteiger partial charge in [-0.2, -0.15) is 9.04 Å². The summed E-state index contributed by atoms with van der Waals surface area (Å²) in [6.45, 7) is 6.35. The quantitative estimate of drug-likeness (QED) is 0.339. The number of hydrogen-bond donors (Lipinski definition) is 0. The molecule has 0 N–H and O–H groups in total. The number of amides is 2. The predicted molar refractivity (Wildman–Crippen MR) is 151 cm³/mol. The van der Waals surface area contributed by atoms with Crippen LogP contribution in [-0.2, 0) is 24.4 Å². The number of benzene rings is 1. The third-order valence-corrected chi connectivity index (χ3v) is 10.2. The first-order chi connectivity index (χ1) is 19.6. The Morgan fingerprint density at radius 1 is 1.00 bits per heavy atom. The third kappa shape index (κ3) is 5.80. The van der Waals surface area contributed by atoms with E-state index in [1.807, 2.05) is 44.2 Å². The number of carbonyl (C=O) groups is 3. The molecule has 5 rings (SSSR count). The van der Waals surface area contributed by atoms with Crippen molar-refractivity contribution in [3.63, 3.8) is 0 Å². The van der Waals surface area contributed by atoms with E-state index in [-0.39, 0.29) is 47.6 Å². The van der Waals surface area contributed by atoms with Crippen LogP contribution in [0.25, 0.3) is 0 Å². The molecule has 41 heavy (non-hydrogen) atoms. The molecule has 12 heteroatoms. The monoisotopic (exact) mass is 583 g/mol. The van der Waals surface area contributed by atoms with Crippen molar-refractivity contribution in [3.8, 4) is 0 Å². The van der Waals surface area contributed by atoms with Gasteiger partial charge < -0.3 is 19.9 Å². The SMILES string of the molecule is CC(C)CC(CC(=O)N1CCN(c2ccccc2)CC1)C(=O)N1CCC2C1C(=O)CN2S(=O)(=O)c1cccc[n+]1[O-]. The Hall–Kier alpha value is -3.51. The fourth-order valence-corrected chi connectivity index (χ4v) is 7.99. The molecule has 2 aromatic rings. The van der Waals surface area contributed by atoms with Crippen LogP contribution < -0.4 is 9.63 Å². The minimum atomic E-state index is -4.24. The van der Waals surface area contributed by atoms with Gasteiger partial charge in [-0.05, 0) is 37.0 Å². The molecule has 0 bridgehead atoms. The van der Waals surface area contributed by atoms with E-state index in [9.17, 15) is 28.0 Å². The Balaban J connectivity index is 1.27. The summed E-state index contributed by atoms with van der Waals surface area (Å²) < 4.78 is 28.0. The molecule has 0 saturated carbocycles. The minimum absolute atomic E-state index is 0.0483. The first kappa shape index (κ1) is 29.0. The lowest BCUT2D eigenvalue weighted by atomic mass is 9.91. The number of aromatic nitrogens is 1.